The highest BCUT2D eigenvalue weighted by Gasteiger charge is 2.27. The standard InChI is InChI=1S/C17H23N3O2S/c1-3-23(21,22)17-9-5-4-8-16(17)20-10-6-7-14(12-20)15-11-13(2)18-19-15/h4-5,8-9,11,14H,3,6-7,10,12H2,1-2H3,(H,18,19). The van der Waals surface area contributed by atoms with E-state index in [-0.39, 0.29) is 5.75 Å². The molecule has 1 N–H and O–H groups in total. The van der Waals surface area contributed by atoms with Gasteiger partial charge in [0, 0.05) is 24.7 Å². The number of sulfone groups is 1. The van der Waals surface area contributed by atoms with E-state index in [1.54, 1.807) is 19.1 Å². The van der Waals surface area contributed by atoms with E-state index in [9.17, 15) is 8.42 Å². The van der Waals surface area contributed by atoms with Gasteiger partial charge in [-0.3, -0.25) is 5.10 Å². The first-order valence-corrected chi connectivity index (χ1v) is 9.75. The van der Waals surface area contributed by atoms with Crippen LogP contribution in [0.3, 0.4) is 0 Å². The minimum Gasteiger partial charge on any atom is -0.370 e. The van der Waals surface area contributed by atoms with Crippen LogP contribution in [0.15, 0.2) is 35.2 Å². The fourth-order valence-corrected chi connectivity index (χ4v) is 4.34. The molecule has 3 rings (SSSR count). The van der Waals surface area contributed by atoms with Crippen LogP contribution in [0.4, 0.5) is 5.69 Å². The van der Waals surface area contributed by atoms with Gasteiger partial charge in [0.05, 0.1) is 22.0 Å². The molecule has 0 amide bonds. The minimum absolute atomic E-state index is 0.125. The van der Waals surface area contributed by atoms with E-state index in [1.807, 2.05) is 19.1 Å². The summed E-state index contributed by atoms with van der Waals surface area (Å²) >= 11 is 0. The normalized spacial score (nSPS) is 19.0. The molecular weight excluding hydrogens is 310 g/mol. The summed E-state index contributed by atoms with van der Waals surface area (Å²) in [5, 5.41) is 7.39. The first kappa shape index (κ1) is 16.1. The van der Waals surface area contributed by atoms with Crippen molar-refractivity contribution in [2.24, 2.45) is 0 Å². The number of benzene rings is 1. The third-order valence-electron chi connectivity index (χ3n) is 4.49. The van der Waals surface area contributed by atoms with Crippen LogP contribution in [0.2, 0.25) is 0 Å². The fraction of sp³-hybridized carbons (Fsp3) is 0.471. The highest BCUT2D eigenvalue weighted by atomic mass is 32.2. The monoisotopic (exact) mass is 333 g/mol. The first-order chi connectivity index (χ1) is 11.0. The number of anilines is 1. The summed E-state index contributed by atoms with van der Waals surface area (Å²) in [6, 6.07) is 9.43. The Morgan fingerprint density at radius 1 is 1.35 bits per heavy atom. The zero-order valence-corrected chi connectivity index (χ0v) is 14.4. The molecule has 1 aromatic heterocycles. The van der Waals surface area contributed by atoms with Gasteiger partial charge < -0.3 is 4.90 Å². The van der Waals surface area contributed by atoms with Gasteiger partial charge in [-0.25, -0.2) is 8.42 Å². The molecule has 0 saturated carbocycles. The Morgan fingerprint density at radius 3 is 2.83 bits per heavy atom. The van der Waals surface area contributed by atoms with Gasteiger partial charge in [0.15, 0.2) is 9.84 Å². The summed E-state index contributed by atoms with van der Waals surface area (Å²) in [6.45, 7) is 5.38. The van der Waals surface area contributed by atoms with Gasteiger partial charge in [0.2, 0.25) is 0 Å². The van der Waals surface area contributed by atoms with Crippen molar-refractivity contribution in [2.75, 3.05) is 23.7 Å². The molecule has 0 bridgehead atoms. The third-order valence-corrected chi connectivity index (χ3v) is 6.26. The predicted molar refractivity (Wildman–Crippen MR) is 91.7 cm³/mol. The summed E-state index contributed by atoms with van der Waals surface area (Å²) in [5.41, 5.74) is 2.96. The average Bonchev–Trinajstić information content (AvgIpc) is 3.01. The highest BCUT2D eigenvalue weighted by molar-refractivity contribution is 7.91. The Kier molecular flexibility index (Phi) is 4.43. The second kappa shape index (κ2) is 6.35. The number of para-hydroxylation sites is 1. The summed E-state index contributed by atoms with van der Waals surface area (Å²) in [7, 11) is -3.22. The van der Waals surface area contributed by atoms with Gasteiger partial charge in [-0.15, -0.1) is 0 Å². The van der Waals surface area contributed by atoms with Crippen LogP contribution in [-0.2, 0) is 9.84 Å². The van der Waals surface area contributed by atoms with Crippen LogP contribution in [-0.4, -0.2) is 37.5 Å². The van der Waals surface area contributed by atoms with Gasteiger partial charge in [-0.2, -0.15) is 5.10 Å². The Labute approximate surface area is 137 Å². The lowest BCUT2D eigenvalue weighted by atomic mass is 9.94. The molecule has 2 heterocycles. The van der Waals surface area contributed by atoms with E-state index < -0.39 is 9.84 Å². The van der Waals surface area contributed by atoms with E-state index in [2.05, 4.69) is 21.2 Å². The van der Waals surface area contributed by atoms with E-state index in [4.69, 9.17) is 0 Å². The number of H-pyrrole nitrogens is 1. The van der Waals surface area contributed by atoms with Crippen LogP contribution in [0.25, 0.3) is 0 Å². The van der Waals surface area contributed by atoms with E-state index >= 15 is 0 Å². The van der Waals surface area contributed by atoms with E-state index in [0.29, 0.717) is 10.8 Å². The molecule has 1 atom stereocenters. The van der Waals surface area contributed by atoms with E-state index in [0.717, 1.165) is 43.0 Å². The molecule has 1 saturated heterocycles. The average molecular weight is 333 g/mol. The summed E-state index contributed by atoms with van der Waals surface area (Å²) in [4.78, 5) is 2.64. The molecule has 1 unspecified atom stereocenters. The summed E-state index contributed by atoms with van der Waals surface area (Å²) in [5.74, 6) is 0.464. The Bertz CT molecular complexity index is 783. The zero-order chi connectivity index (χ0) is 16.4. The lowest BCUT2D eigenvalue weighted by Gasteiger charge is -2.34. The van der Waals surface area contributed by atoms with Crippen LogP contribution in [0.1, 0.15) is 37.1 Å². The third kappa shape index (κ3) is 3.27. The maximum absolute atomic E-state index is 12.4. The molecule has 6 heteroatoms. The second-order valence-corrected chi connectivity index (χ2v) is 8.38. The number of aryl methyl sites for hydroxylation is 1. The van der Waals surface area contributed by atoms with Crippen LogP contribution in [0.5, 0.6) is 0 Å². The van der Waals surface area contributed by atoms with Crippen molar-refractivity contribution in [3.63, 3.8) is 0 Å². The van der Waals surface area contributed by atoms with Gasteiger partial charge in [0.1, 0.15) is 0 Å². The van der Waals surface area contributed by atoms with Gasteiger partial charge in [-0.1, -0.05) is 19.1 Å². The van der Waals surface area contributed by atoms with Gasteiger partial charge in [-0.05, 0) is 38.0 Å². The number of aromatic amines is 1. The Hall–Kier alpha value is -1.82. The maximum Gasteiger partial charge on any atom is 0.180 e. The lowest BCUT2D eigenvalue weighted by molar-refractivity contribution is 0.498. The van der Waals surface area contributed by atoms with Crippen molar-refractivity contribution in [3.05, 3.63) is 41.7 Å². The number of piperidine rings is 1. The zero-order valence-electron chi connectivity index (χ0n) is 13.6. The predicted octanol–water partition coefficient (Wildman–Crippen LogP) is 2.90. The highest BCUT2D eigenvalue weighted by Crippen LogP contribution is 2.33. The Balaban J connectivity index is 1.90. The SMILES string of the molecule is CCS(=O)(=O)c1ccccc1N1CCCC(c2cc(C)[nH]n2)C1. The summed E-state index contributed by atoms with van der Waals surface area (Å²) < 4.78 is 24.8. The minimum atomic E-state index is -3.22. The Morgan fingerprint density at radius 2 is 2.13 bits per heavy atom. The smallest absolute Gasteiger partial charge is 0.180 e. The second-order valence-electron chi connectivity index (χ2n) is 6.13. The molecule has 5 nitrogen and oxygen atoms in total. The molecule has 0 radical (unpaired) electrons. The lowest BCUT2D eigenvalue weighted by Crippen LogP contribution is -2.35. The van der Waals surface area contributed by atoms with Crippen LogP contribution in [0, 0.1) is 6.92 Å². The van der Waals surface area contributed by atoms with E-state index in [1.165, 1.54) is 0 Å². The topological polar surface area (TPSA) is 66.1 Å². The number of nitrogens with one attached hydrogen (secondary N) is 1. The molecular formula is C17H23N3O2S. The number of aromatic nitrogens is 2. The largest absolute Gasteiger partial charge is 0.370 e. The molecule has 124 valence electrons. The maximum atomic E-state index is 12.4. The van der Waals surface area contributed by atoms with Crippen molar-refractivity contribution in [2.45, 2.75) is 37.5 Å². The van der Waals surface area contributed by atoms with Crippen molar-refractivity contribution < 1.29 is 8.42 Å². The quantitative estimate of drug-likeness (QED) is 0.934. The first-order valence-electron chi connectivity index (χ1n) is 8.10. The fourth-order valence-electron chi connectivity index (χ4n) is 3.22. The van der Waals surface area contributed by atoms with Crippen molar-refractivity contribution in [1.82, 2.24) is 10.2 Å². The molecule has 1 aliphatic heterocycles. The van der Waals surface area contributed by atoms with Gasteiger partial charge >= 0.3 is 0 Å². The number of hydrogen-bond acceptors (Lipinski definition) is 4. The molecule has 23 heavy (non-hydrogen) atoms. The van der Waals surface area contributed by atoms with Crippen LogP contribution < -0.4 is 4.90 Å². The van der Waals surface area contributed by atoms with Crippen LogP contribution >= 0.6 is 0 Å². The molecule has 0 aliphatic carbocycles. The molecule has 0 spiro atoms. The van der Waals surface area contributed by atoms with Crippen molar-refractivity contribution >= 4 is 15.5 Å². The van der Waals surface area contributed by atoms with Crippen molar-refractivity contribution in [3.8, 4) is 0 Å². The van der Waals surface area contributed by atoms with Crippen molar-refractivity contribution in [1.29, 1.82) is 0 Å². The number of rotatable bonds is 4. The molecule has 1 fully saturated rings. The van der Waals surface area contributed by atoms with Gasteiger partial charge in [0.25, 0.3) is 0 Å². The molecule has 1 aromatic carbocycles. The number of hydrogen-bond donors (Lipinski definition) is 1. The summed E-state index contributed by atoms with van der Waals surface area (Å²) in [6.07, 6.45) is 2.13. The molecule has 2 aromatic rings. The number of nitrogens with zero attached hydrogens (tertiary/aromatic N) is 2. The molecule has 1 aliphatic rings.